The molecule has 0 saturated heterocycles. The summed E-state index contributed by atoms with van der Waals surface area (Å²) in [6, 6.07) is 17.1. The van der Waals surface area contributed by atoms with Crippen molar-refractivity contribution >= 4 is 5.78 Å². The van der Waals surface area contributed by atoms with Crippen LogP contribution in [0, 0.1) is 34.5 Å². The minimum Gasteiger partial charge on any atom is -0.396 e. The maximum absolute atomic E-state index is 12.9. The summed E-state index contributed by atoms with van der Waals surface area (Å²) in [6.45, 7) is 10.1. The molecule has 1 heterocycles. The fourth-order valence-corrected chi connectivity index (χ4v) is 8.58. The fraction of sp³-hybridized carbons (Fsp3) is 0.471. The van der Waals surface area contributed by atoms with Crippen LogP contribution in [0.4, 0.5) is 0 Å². The highest BCUT2D eigenvalue weighted by molar-refractivity contribution is 6.09. The number of nitrogens with zero attached hydrogens (tertiary/aromatic N) is 2. The molecule has 39 heavy (non-hydrogen) atoms. The molecule has 6 rings (SSSR count). The zero-order chi connectivity index (χ0) is 27.4. The van der Waals surface area contributed by atoms with Crippen LogP contribution in [0.25, 0.3) is 5.69 Å². The van der Waals surface area contributed by atoms with E-state index in [1.807, 2.05) is 65.5 Å². The number of aromatic nitrogens is 2. The van der Waals surface area contributed by atoms with Gasteiger partial charge in [0.25, 0.3) is 0 Å². The Kier molecular flexibility index (Phi) is 6.63. The molecule has 3 aromatic rings. The van der Waals surface area contributed by atoms with E-state index < -0.39 is 0 Å². The molecule has 3 aliphatic carbocycles. The van der Waals surface area contributed by atoms with Crippen molar-refractivity contribution in [2.75, 3.05) is 13.2 Å². The summed E-state index contributed by atoms with van der Waals surface area (Å²) in [5.41, 5.74) is 12.9. The Bertz CT molecular complexity index is 1380. The lowest BCUT2D eigenvalue weighted by molar-refractivity contribution is -0.0537. The third-order valence-electron chi connectivity index (χ3n) is 11.0. The number of rotatable bonds is 6. The molecular formula is C34H41N3O2. The third kappa shape index (κ3) is 4.13. The van der Waals surface area contributed by atoms with Gasteiger partial charge >= 0.3 is 0 Å². The van der Waals surface area contributed by atoms with Crippen molar-refractivity contribution in [3.05, 3.63) is 95.3 Å². The van der Waals surface area contributed by atoms with Crippen molar-refractivity contribution in [2.24, 2.45) is 40.2 Å². The lowest BCUT2D eigenvalue weighted by Crippen LogP contribution is -2.53. The number of carbonyl (C=O) groups excluding carboxylic acids is 1. The van der Waals surface area contributed by atoms with Gasteiger partial charge < -0.3 is 10.8 Å². The molecule has 0 radical (unpaired) electrons. The molecule has 204 valence electrons. The number of nitrogens with two attached hydrogens (primary N) is 1. The molecule has 0 bridgehead atoms. The molecule has 6 atom stereocenters. The lowest BCUT2D eigenvalue weighted by atomic mass is 9.49. The van der Waals surface area contributed by atoms with E-state index in [-0.39, 0.29) is 29.1 Å². The number of aliphatic hydroxyl groups excluding tert-OH is 1. The quantitative estimate of drug-likeness (QED) is 0.317. The van der Waals surface area contributed by atoms with E-state index in [0.717, 1.165) is 31.4 Å². The molecule has 5 nitrogen and oxygen atoms in total. The van der Waals surface area contributed by atoms with Gasteiger partial charge in [-0.2, -0.15) is 5.10 Å². The fourth-order valence-electron chi connectivity index (χ4n) is 8.58. The number of hydrogen-bond acceptors (Lipinski definition) is 4. The molecule has 2 aromatic carbocycles. The Morgan fingerprint density at radius 3 is 2.49 bits per heavy atom. The second-order valence-electron chi connectivity index (χ2n) is 12.7. The highest BCUT2D eigenvalue weighted by Crippen LogP contribution is 2.62. The van der Waals surface area contributed by atoms with E-state index in [2.05, 4.69) is 20.4 Å². The molecule has 2 fully saturated rings. The molecule has 0 spiro atoms. The number of allylic oxidation sites excluding steroid dienone is 1. The summed E-state index contributed by atoms with van der Waals surface area (Å²) in [6.07, 6.45) is 8.34. The first-order valence-corrected chi connectivity index (χ1v) is 14.5. The Morgan fingerprint density at radius 2 is 1.79 bits per heavy atom. The number of hydrogen-bond donors (Lipinski definition) is 2. The van der Waals surface area contributed by atoms with E-state index in [9.17, 15) is 9.90 Å². The number of ketones is 1. The SMILES string of the molecule is C=C1CC[C@H]2[C@H](CN)[C@@H]([C@@]3(C)Cc4cnn(-c5ccc(C(=O)c6ccccc6)cc5)c4C[C@@H]3CO)CC[C@]12C. The van der Waals surface area contributed by atoms with Crippen LogP contribution in [0.2, 0.25) is 0 Å². The summed E-state index contributed by atoms with van der Waals surface area (Å²) in [5.74, 6) is 1.68. The van der Waals surface area contributed by atoms with E-state index in [4.69, 9.17) is 10.8 Å². The van der Waals surface area contributed by atoms with Gasteiger partial charge in [0.05, 0.1) is 11.9 Å². The zero-order valence-corrected chi connectivity index (χ0v) is 23.3. The van der Waals surface area contributed by atoms with Crippen molar-refractivity contribution in [3.63, 3.8) is 0 Å². The van der Waals surface area contributed by atoms with Crippen LogP contribution in [-0.2, 0) is 12.8 Å². The van der Waals surface area contributed by atoms with E-state index in [0.29, 0.717) is 35.4 Å². The minimum atomic E-state index is -0.0309. The average Bonchev–Trinajstić information content (AvgIpc) is 3.51. The second kappa shape index (κ2) is 9.87. The molecule has 0 unspecified atom stereocenters. The minimum absolute atomic E-state index is 0.0182. The van der Waals surface area contributed by atoms with Crippen molar-refractivity contribution in [2.45, 2.75) is 52.4 Å². The van der Waals surface area contributed by atoms with E-state index in [1.165, 1.54) is 29.7 Å². The molecule has 1 aromatic heterocycles. The van der Waals surface area contributed by atoms with Crippen LogP contribution >= 0.6 is 0 Å². The standard InChI is InChI=1S/C34H41N3O2/c1-22-9-14-29-28(19-35)30(15-16-33(22,29)2)34(3)18-25-20-36-37(31(25)17-26(34)21-38)27-12-10-24(11-13-27)32(39)23-7-5-4-6-8-23/h4-8,10-13,20,26,28-30,38H,1,9,14-19,21,35H2,2-3H3/t26-,28+,29+,30+,33-,34+/m1/s1. The molecule has 0 aliphatic heterocycles. The van der Waals surface area contributed by atoms with Gasteiger partial charge in [-0.25, -0.2) is 4.68 Å². The van der Waals surface area contributed by atoms with Gasteiger partial charge in [-0.05, 0) is 109 Å². The first-order chi connectivity index (χ1) is 18.8. The van der Waals surface area contributed by atoms with Crippen LogP contribution in [0.3, 0.4) is 0 Å². The highest BCUT2D eigenvalue weighted by atomic mass is 16.3. The Labute approximate surface area is 232 Å². The maximum Gasteiger partial charge on any atom is 0.193 e. The monoisotopic (exact) mass is 523 g/mol. The van der Waals surface area contributed by atoms with Crippen LogP contribution in [0.5, 0.6) is 0 Å². The largest absolute Gasteiger partial charge is 0.396 e. The smallest absolute Gasteiger partial charge is 0.193 e. The van der Waals surface area contributed by atoms with Gasteiger partial charge in [0.2, 0.25) is 0 Å². The van der Waals surface area contributed by atoms with Gasteiger partial charge in [-0.1, -0.05) is 56.3 Å². The van der Waals surface area contributed by atoms with Crippen molar-refractivity contribution < 1.29 is 9.90 Å². The number of carbonyl (C=O) groups is 1. The van der Waals surface area contributed by atoms with E-state index in [1.54, 1.807) is 0 Å². The van der Waals surface area contributed by atoms with Crippen molar-refractivity contribution in [1.82, 2.24) is 9.78 Å². The second-order valence-corrected chi connectivity index (χ2v) is 12.7. The van der Waals surface area contributed by atoms with Crippen LogP contribution in [0.15, 0.2) is 72.9 Å². The molecule has 3 N–H and O–H groups in total. The normalized spacial score (nSPS) is 32.1. The lowest BCUT2D eigenvalue weighted by Gasteiger charge is -2.55. The average molecular weight is 524 g/mol. The first-order valence-electron chi connectivity index (χ1n) is 14.5. The molecular weight excluding hydrogens is 482 g/mol. The van der Waals surface area contributed by atoms with Gasteiger partial charge in [-0.15, -0.1) is 0 Å². The summed E-state index contributed by atoms with van der Waals surface area (Å²) in [5, 5.41) is 15.5. The predicted octanol–water partition coefficient (Wildman–Crippen LogP) is 5.77. The first kappa shape index (κ1) is 26.2. The molecule has 2 saturated carbocycles. The van der Waals surface area contributed by atoms with Crippen LogP contribution in [0.1, 0.15) is 66.7 Å². The number of benzene rings is 2. The third-order valence-corrected chi connectivity index (χ3v) is 11.0. The number of aliphatic hydroxyl groups is 1. The Hall–Kier alpha value is -3.02. The molecule has 3 aliphatic rings. The summed E-state index contributed by atoms with van der Waals surface area (Å²) >= 11 is 0. The number of fused-ring (bicyclic) bond motifs is 2. The van der Waals surface area contributed by atoms with Gasteiger partial charge in [0, 0.05) is 23.4 Å². The van der Waals surface area contributed by atoms with Crippen molar-refractivity contribution in [1.29, 1.82) is 0 Å². The molecule has 0 amide bonds. The van der Waals surface area contributed by atoms with Gasteiger partial charge in [0.1, 0.15) is 0 Å². The topological polar surface area (TPSA) is 81.1 Å². The Balaban J connectivity index is 1.28. The van der Waals surface area contributed by atoms with Crippen molar-refractivity contribution in [3.8, 4) is 5.69 Å². The zero-order valence-electron chi connectivity index (χ0n) is 23.3. The predicted molar refractivity (Wildman–Crippen MR) is 155 cm³/mol. The summed E-state index contributed by atoms with van der Waals surface area (Å²) in [7, 11) is 0. The van der Waals surface area contributed by atoms with E-state index >= 15 is 0 Å². The highest BCUT2D eigenvalue weighted by Gasteiger charge is 2.56. The van der Waals surface area contributed by atoms with Gasteiger partial charge in [-0.3, -0.25) is 4.79 Å². The maximum atomic E-state index is 12.9. The van der Waals surface area contributed by atoms with Gasteiger partial charge in [0.15, 0.2) is 5.78 Å². The van der Waals surface area contributed by atoms with Crippen LogP contribution < -0.4 is 5.73 Å². The summed E-state index contributed by atoms with van der Waals surface area (Å²) in [4.78, 5) is 12.9. The summed E-state index contributed by atoms with van der Waals surface area (Å²) < 4.78 is 2.01. The molecule has 5 heteroatoms. The van der Waals surface area contributed by atoms with Crippen LogP contribution in [-0.4, -0.2) is 33.8 Å². The Morgan fingerprint density at radius 1 is 1.08 bits per heavy atom.